The number of rotatable bonds is 3. The van der Waals surface area contributed by atoms with Gasteiger partial charge in [0.05, 0.1) is 7.11 Å². The van der Waals surface area contributed by atoms with E-state index in [4.69, 9.17) is 10.6 Å². The summed E-state index contributed by atoms with van der Waals surface area (Å²) in [6, 6.07) is 7.18. The van der Waals surface area contributed by atoms with Crippen LogP contribution in [0, 0.1) is 0 Å². The molecule has 76 valence electrons. The molecule has 1 aromatic rings. The summed E-state index contributed by atoms with van der Waals surface area (Å²) in [5.41, 5.74) is 6.98. The average Bonchev–Trinajstić information content (AvgIpc) is 2.27. The minimum Gasteiger partial charge on any atom is -0.326 e. The quantitative estimate of drug-likeness (QED) is 0.723. The molecule has 0 unspecified atom stereocenters. The van der Waals surface area contributed by atoms with Gasteiger partial charge >= 0.3 is 0 Å². The van der Waals surface area contributed by atoms with Crippen molar-refractivity contribution >= 4 is 5.91 Å². The highest BCUT2D eigenvalue weighted by Gasteiger charge is 2.10. The second-order valence-corrected chi connectivity index (χ2v) is 2.89. The number of hydrogen-bond acceptors (Lipinski definition) is 3. The van der Waals surface area contributed by atoms with Crippen molar-refractivity contribution in [2.45, 2.75) is 6.54 Å². The minimum absolute atomic E-state index is 0.178. The van der Waals surface area contributed by atoms with Crippen molar-refractivity contribution in [3.63, 3.8) is 0 Å². The fraction of sp³-hybridized carbons (Fsp3) is 0.300. The van der Waals surface area contributed by atoms with Gasteiger partial charge in [-0.15, -0.1) is 0 Å². The molecule has 0 fully saturated rings. The Morgan fingerprint density at radius 3 is 2.86 bits per heavy atom. The fourth-order valence-corrected chi connectivity index (χ4v) is 1.10. The molecule has 14 heavy (non-hydrogen) atoms. The van der Waals surface area contributed by atoms with E-state index in [2.05, 4.69) is 0 Å². The summed E-state index contributed by atoms with van der Waals surface area (Å²) in [6.07, 6.45) is 0. The maximum absolute atomic E-state index is 11.6. The monoisotopic (exact) mass is 194 g/mol. The highest BCUT2D eigenvalue weighted by Crippen LogP contribution is 2.07. The summed E-state index contributed by atoms with van der Waals surface area (Å²) in [7, 11) is 3.02. The second-order valence-electron chi connectivity index (χ2n) is 2.89. The number of amides is 1. The molecular weight excluding hydrogens is 180 g/mol. The molecule has 0 saturated carbocycles. The molecule has 1 amide bonds. The van der Waals surface area contributed by atoms with Crippen molar-refractivity contribution in [2.24, 2.45) is 5.73 Å². The predicted molar refractivity (Wildman–Crippen MR) is 53.4 cm³/mol. The zero-order valence-corrected chi connectivity index (χ0v) is 8.36. The topological polar surface area (TPSA) is 55.6 Å². The Labute approximate surface area is 83.2 Å². The van der Waals surface area contributed by atoms with Crippen LogP contribution in [0.3, 0.4) is 0 Å². The summed E-state index contributed by atoms with van der Waals surface area (Å²) in [6.45, 7) is 0.428. The van der Waals surface area contributed by atoms with Gasteiger partial charge in [0.2, 0.25) is 0 Å². The molecule has 4 heteroatoms. The molecule has 0 aliphatic rings. The number of nitrogens with two attached hydrogens (primary N) is 1. The van der Waals surface area contributed by atoms with Crippen LogP contribution in [0.25, 0.3) is 0 Å². The maximum Gasteiger partial charge on any atom is 0.277 e. The lowest BCUT2D eigenvalue weighted by atomic mass is 10.1. The smallest absolute Gasteiger partial charge is 0.277 e. The molecule has 0 spiro atoms. The Hall–Kier alpha value is -1.39. The number of hydrogen-bond donors (Lipinski definition) is 1. The van der Waals surface area contributed by atoms with E-state index in [0.717, 1.165) is 5.56 Å². The van der Waals surface area contributed by atoms with Crippen LogP contribution in [0.15, 0.2) is 24.3 Å². The molecule has 0 aliphatic heterocycles. The number of hydroxylamine groups is 2. The normalized spacial score (nSPS) is 9.93. The van der Waals surface area contributed by atoms with Gasteiger partial charge in [0.1, 0.15) is 0 Å². The number of nitrogens with zero attached hydrogens (tertiary/aromatic N) is 1. The third-order valence-electron chi connectivity index (χ3n) is 1.97. The highest BCUT2D eigenvalue weighted by molar-refractivity contribution is 5.93. The van der Waals surface area contributed by atoms with Crippen LogP contribution in [0.4, 0.5) is 0 Å². The van der Waals surface area contributed by atoms with Crippen LogP contribution in [0.5, 0.6) is 0 Å². The Bertz CT molecular complexity index is 326. The lowest BCUT2D eigenvalue weighted by Crippen LogP contribution is -2.25. The van der Waals surface area contributed by atoms with E-state index in [1.54, 1.807) is 25.2 Å². The molecule has 4 nitrogen and oxygen atoms in total. The number of carbonyl (C=O) groups is 1. The molecule has 0 atom stereocenters. The van der Waals surface area contributed by atoms with Crippen LogP contribution in [-0.4, -0.2) is 25.1 Å². The molecule has 2 N–H and O–H groups in total. The van der Waals surface area contributed by atoms with Crippen molar-refractivity contribution in [1.29, 1.82) is 0 Å². The van der Waals surface area contributed by atoms with Crippen LogP contribution in [0.1, 0.15) is 15.9 Å². The van der Waals surface area contributed by atoms with E-state index in [-0.39, 0.29) is 5.91 Å². The van der Waals surface area contributed by atoms with Gasteiger partial charge in [0, 0.05) is 19.2 Å². The molecule has 0 radical (unpaired) electrons. The standard InChI is InChI=1S/C10H14N2O2/c1-12(14-2)10(13)9-5-3-4-8(6-9)7-11/h3-6H,7,11H2,1-2H3. The van der Waals surface area contributed by atoms with Gasteiger partial charge in [-0.25, -0.2) is 5.06 Å². The van der Waals surface area contributed by atoms with Gasteiger partial charge in [-0.1, -0.05) is 12.1 Å². The average molecular weight is 194 g/mol. The number of carbonyl (C=O) groups excluding carboxylic acids is 1. The zero-order valence-electron chi connectivity index (χ0n) is 8.36. The van der Waals surface area contributed by atoms with E-state index in [1.807, 2.05) is 6.07 Å². The van der Waals surface area contributed by atoms with Gasteiger partial charge in [-0.05, 0) is 17.7 Å². The molecule has 1 rings (SSSR count). The molecule has 1 aromatic carbocycles. The third kappa shape index (κ3) is 2.31. The van der Waals surface area contributed by atoms with Crippen LogP contribution in [0.2, 0.25) is 0 Å². The summed E-state index contributed by atoms with van der Waals surface area (Å²) < 4.78 is 0. The molecule has 0 saturated heterocycles. The first kappa shape index (κ1) is 10.7. The summed E-state index contributed by atoms with van der Waals surface area (Å²) >= 11 is 0. The Balaban J connectivity index is 2.90. The third-order valence-corrected chi connectivity index (χ3v) is 1.97. The molecule has 0 aromatic heterocycles. The molecule has 0 bridgehead atoms. The second kappa shape index (κ2) is 4.74. The first-order chi connectivity index (χ1) is 6.69. The fourth-order valence-electron chi connectivity index (χ4n) is 1.10. The SMILES string of the molecule is CON(C)C(=O)c1cccc(CN)c1. The van der Waals surface area contributed by atoms with Crippen molar-refractivity contribution in [3.8, 4) is 0 Å². The summed E-state index contributed by atoms with van der Waals surface area (Å²) in [5.74, 6) is -0.178. The predicted octanol–water partition coefficient (Wildman–Crippen LogP) is 0.779. The molecular formula is C10H14N2O2. The van der Waals surface area contributed by atoms with E-state index >= 15 is 0 Å². The van der Waals surface area contributed by atoms with Gasteiger partial charge in [0.25, 0.3) is 5.91 Å². The molecule has 0 aliphatic carbocycles. The lowest BCUT2D eigenvalue weighted by molar-refractivity contribution is -0.0757. The van der Waals surface area contributed by atoms with E-state index in [9.17, 15) is 4.79 Å². The lowest BCUT2D eigenvalue weighted by Gasteiger charge is -2.13. The maximum atomic E-state index is 11.6. The van der Waals surface area contributed by atoms with Gasteiger partial charge in [-0.2, -0.15) is 0 Å². The summed E-state index contributed by atoms with van der Waals surface area (Å²) in [5, 5.41) is 1.18. The summed E-state index contributed by atoms with van der Waals surface area (Å²) in [4.78, 5) is 16.4. The Morgan fingerprint density at radius 1 is 1.57 bits per heavy atom. The van der Waals surface area contributed by atoms with Gasteiger partial charge in [0.15, 0.2) is 0 Å². The van der Waals surface area contributed by atoms with Crippen LogP contribution < -0.4 is 5.73 Å². The van der Waals surface area contributed by atoms with Crippen LogP contribution >= 0.6 is 0 Å². The highest BCUT2D eigenvalue weighted by atomic mass is 16.7. The first-order valence-electron chi connectivity index (χ1n) is 4.30. The van der Waals surface area contributed by atoms with Crippen molar-refractivity contribution in [3.05, 3.63) is 35.4 Å². The van der Waals surface area contributed by atoms with E-state index in [0.29, 0.717) is 12.1 Å². The molecule has 0 heterocycles. The minimum atomic E-state index is -0.178. The first-order valence-corrected chi connectivity index (χ1v) is 4.30. The largest absolute Gasteiger partial charge is 0.326 e. The number of benzene rings is 1. The zero-order chi connectivity index (χ0) is 10.6. The van der Waals surface area contributed by atoms with Crippen molar-refractivity contribution < 1.29 is 9.63 Å². The van der Waals surface area contributed by atoms with Crippen LogP contribution in [-0.2, 0) is 11.4 Å². The van der Waals surface area contributed by atoms with Gasteiger partial charge < -0.3 is 5.73 Å². The van der Waals surface area contributed by atoms with Crippen molar-refractivity contribution in [2.75, 3.05) is 14.2 Å². The van der Waals surface area contributed by atoms with Crippen molar-refractivity contribution in [1.82, 2.24) is 5.06 Å². The van der Waals surface area contributed by atoms with Gasteiger partial charge in [-0.3, -0.25) is 9.63 Å². The Morgan fingerprint density at radius 2 is 2.29 bits per heavy atom. The Kier molecular flexibility index (Phi) is 3.62. The van der Waals surface area contributed by atoms with E-state index < -0.39 is 0 Å². The van der Waals surface area contributed by atoms with E-state index in [1.165, 1.54) is 12.2 Å².